The monoisotopic (exact) mass is 247 g/mol. The van der Waals surface area contributed by atoms with Gasteiger partial charge in [-0.15, -0.1) is 0 Å². The molecule has 0 aromatic carbocycles. The largest absolute Gasteiger partial charge is 1.00 e. The Labute approximate surface area is 135 Å². The molecule has 0 spiro atoms. The fourth-order valence-corrected chi connectivity index (χ4v) is 0.735. The van der Waals surface area contributed by atoms with Crippen molar-refractivity contribution in [2.24, 2.45) is 0 Å². The van der Waals surface area contributed by atoms with E-state index in [1.807, 2.05) is 0 Å². The number of hydrogen-bond acceptors (Lipinski definition) is 5. The van der Waals surface area contributed by atoms with Crippen molar-refractivity contribution in [1.82, 2.24) is 4.98 Å². The molecule has 9 heteroatoms. The van der Waals surface area contributed by atoms with E-state index in [1.165, 1.54) is 0 Å². The third-order valence-corrected chi connectivity index (χ3v) is 1.26. The van der Waals surface area contributed by atoms with E-state index in [0.717, 1.165) is 18.5 Å². The SMILES string of the molecule is O.O.O=C([O-])c1ccncc1C(=O)[O-].[Na+].[Na+]. The maximum atomic E-state index is 10.3. The molecule has 7 nitrogen and oxygen atoms in total. The van der Waals surface area contributed by atoms with E-state index in [1.54, 1.807) is 0 Å². The fraction of sp³-hybridized carbons (Fsp3) is 0. The average Bonchev–Trinajstić information content (AvgIpc) is 2.04. The molecule has 0 saturated heterocycles. The van der Waals surface area contributed by atoms with E-state index < -0.39 is 23.1 Å². The molecule has 4 N–H and O–H groups in total. The average molecular weight is 247 g/mol. The summed E-state index contributed by atoms with van der Waals surface area (Å²) in [7, 11) is 0. The molecule has 16 heavy (non-hydrogen) atoms. The molecule has 1 aromatic heterocycles. The normalized spacial score (nSPS) is 7.00. The van der Waals surface area contributed by atoms with Crippen molar-refractivity contribution in [2.45, 2.75) is 0 Å². The van der Waals surface area contributed by atoms with E-state index in [2.05, 4.69) is 4.98 Å². The Bertz CT molecular complexity index is 312. The minimum atomic E-state index is -1.58. The summed E-state index contributed by atoms with van der Waals surface area (Å²) in [4.78, 5) is 24.0. The zero-order valence-electron chi connectivity index (χ0n) is 8.81. The fourth-order valence-electron chi connectivity index (χ4n) is 0.735. The van der Waals surface area contributed by atoms with Gasteiger partial charge in [-0.2, -0.15) is 0 Å². The van der Waals surface area contributed by atoms with Gasteiger partial charge in [-0.05, 0) is 6.07 Å². The van der Waals surface area contributed by atoms with Gasteiger partial charge in [0.05, 0.1) is 11.9 Å². The summed E-state index contributed by atoms with van der Waals surface area (Å²) in [6, 6.07) is 1.04. The first-order valence-electron chi connectivity index (χ1n) is 2.99. The molecular weight excluding hydrogens is 240 g/mol. The first kappa shape index (κ1) is 25.0. The number of carboxylic acids is 2. The zero-order chi connectivity index (χ0) is 9.14. The van der Waals surface area contributed by atoms with Gasteiger partial charge in [0, 0.05) is 23.5 Å². The first-order chi connectivity index (χ1) is 5.63. The Morgan fingerprint density at radius 2 is 1.44 bits per heavy atom. The zero-order valence-corrected chi connectivity index (χ0v) is 12.8. The summed E-state index contributed by atoms with van der Waals surface area (Å²) < 4.78 is 0. The van der Waals surface area contributed by atoms with E-state index in [4.69, 9.17) is 0 Å². The van der Waals surface area contributed by atoms with Crippen LogP contribution in [-0.2, 0) is 0 Å². The number of pyridine rings is 1. The topological polar surface area (TPSA) is 156 Å². The van der Waals surface area contributed by atoms with E-state index in [9.17, 15) is 19.8 Å². The van der Waals surface area contributed by atoms with Crippen LogP contribution in [0.3, 0.4) is 0 Å². The first-order valence-corrected chi connectivity index (χ1v) is 2.99. The molecule has 0 unspecified atom stereocenters. The predicted octanol–water partition coefficient (Wildman–Crippen LogP) is -9.83. The number of rotatable bonds is 2. The molecule has 0 aliphatic carbocycles. The second-order valence-corrected chi connectivity index (χ2v) is 2.00. The maximum absolute atomic E-state index is 10.3. The Morgan fingerprint density at radius 1 is 1.00 bits per heavy atom. The van der Waals surface area contributed by atoms with Gasteiger partial charge in [-0.3, -0.25) is 4.98 Å². The Morgan fingerprint density at radius 3 is 1.75 bits per heavy atom. The molecule has 78 valence electrons. The van der Waals surface area contributed by atoms with Crippen molar-refractivity contribution < 1.29 is 89.9 Å². The smallest absolute Gasteiger partial charge is 0.545 e. The number of hydrogen-bond donors (Lipinski definition) is 0. The second kappa shape index (κ2) is 11.5. The van der Waals surface area contributed by atoms with Crippen LogP contribution in [0.15, 0.2) is 18.5 Å². The van der Waals surface area contributed by atoms with Crippen LogP contribution in [0.5, 0.6) is 0 Å². The Hall–Kier alpha value is 0.0100. The van der Waals surface area contributed by atoms with Gasteiger partial charge in [0.15, 0.2) is 0 Å². The van der Waals surface area contributed by atoms with Crippen molar-refractivity contribution in [3.8, 4) is 0 Å². The quantitative estimate of drug-likeness (QED) is 0.474. The minimum Gasteiger partial charge on any atom is -0.545 e. The molecule has 0 radical (unpaired) electrons. The molecule has 0 bridgehead atoms. The van der Waals surface area contributed by atoms with Crippen LogP contribution in [0.2, 0.25) is 0 Å². The number of nitrogens with zero attached hydrogens (tertiary/aromatic N) is 1. The standard InChI is InChI=1S/C7H5NO4.2Na.2H2O/c9-6(10)4-1-2-8-3-5(4)7(11)12;;;;/h1-3H,(H,9,10)(H,11,12);;;2*1H2/q;2*+1;;/p-2. The van der Waals surface area contributed by atoms with Crippen molar-refractivity contribution in [3.05, 3.63) is 29.6 Å². The van der Waals surface area contributed by atoms with E-state index in [-0.39, 0.29) is 70.1 Å². The van der Waals surface area contributed by atoms with Crippen LogP contribution in [-0.4, -0.2) is 27.9 Å². The number of aromatic carboxylic acids is 2. The maximum Gasteiger partial charge on any atom is 1.00 e. The van der Waals surface area contributed by atoms with Crippen LogP contribution in [0.1, 0.15) is 20.7 Å². The number of carboxylic acid groups (broad SMARTS) is 2. The third-order valence-electron chi connectivity index (χ3n) is 1.26. The molecule has 0 saturated carbocycles. The van der Waals surface area contributed by atoms with Gasteiger partial charge in [0.2, 0.25) is 0 Å². The van der Waals surface area contributed by atoms with Gasteiger partial charge in [0.1, 0.15) is 0 Å². The third kappa shape index (κ3) is 6.56. The molecule has 0 atom stereocenters. The second-order valence-electron chi connectivity index (χ2n) is 2.00. The number of carbonyl (C=O) groups is 2. The Kier molecular flexibility index (Phi) is 18.0. The minimum absolute atomic E-state index is 0. The molecule has 0 amide bonds. The van der Waals surface area contributed by atoms with Gasteiger partial charge in [0.25, 0.3) is 0 Å². The van der Waals surface area contributed by atoms with Crippen LogP contribution in [0.4, 0.5) is 0 Å². The summed E-state index contributed by atoms with van der Waals surface area (Å²) in [5.74, 6) is -3.14. The number of aromatic nitrogens is 1. The molecule has 1 aromatic rings. The van der Waals surface area contributed by atoms with Gasteiger partial charge >= 0.3 is 59.1 Å². The van der Waals surface area contributed by atoms with Gasteiger partial charge < -0.3 is 30.8 Å². The van der Waals surface area contributed by atoms with E-state index in [0.29, 0.717) is 0 Å². The van der Waals surface area contributed by atoms with Crippen molar-refractivity contribution in [2.75, 3.05) is 0 Å². The van der Waals surface area contributed by atoms with Crippen LogP contribution in [0.25, 0.3) is 0 Å². The summed E-state index contributed by atoms with van der Waals surface area (Å²) in [6.45, 7) is 0. The molecule has 0 aliphatic heterocycles. The predicted molar refractivity (Wildman–Crippen MR) is 40.1 cm³/mol. The summed E-state index contributed by atoms with van der Waals surface area (Å²) >= 11 is 0. The molecule has 1 rings (SSSR count). The van der Waals surface area contributed by atoms with E-state index >= 15 is 0 Å². The van der Waals surface area contributed by atoms with Gasteiger partial charge in [-0.25, -0.2) is 0 Å². The summed E-state index contributed by atoms with van der Waals surface area (Å²) in [5.41, 5.74) is -0.900. The van der Waals surface area contributed by atoms with Crippen LogP contribution >= 0.6 is 0 Å². The van der Waals surface area contributed by atoms with Crippen LogP contribution < -0.4 is 69.3 Å². The molecule has 0 fully saturated rings. The van der Waals surface area contributed by atoms with Gasteiger partial charge in [-0.1, -0.05) is 0 Å². The van der Waals surface area contributed by atoms with Crippen molar-refractivity contribution in [3.63, 3.8) is 0 Å². The summed E-state index contributed by atoms with van der Waals surface area (Å²) in [6.07, 6.45) is 2.07. The summed E-state index contributed by atoms with van der Waals surface area (Å²) in [5, 5.41) is 20.6. The molecule has 0 aliphatic rings. The molecule has 1 heterocycles. The Balaban J connectivity index is -0.000000180. The molecular formula is C7H7NNa2O6. The van der Waals surface area contributed by atoms with Crippen molar-refractivity contribution in [1.29, 1.82) is 0 Å². The van der Waals surface area contributed by atoms with Crippen molar-refractivity contribution >= 4 is 11.9 Å². The number of carbonyl (C=O) groups excluding carboxylic acids is 2. The van der Waals surface area contributed by atoms with Crippen LogP contribution in [0, 0.1) is 0 Å².